The van der Waals surface area contributed by atoms with E-state index in [9.17, 15) is 4.79 Å². The molecule has 5 heteroatoms. The van der Waals surface area contributed by atoms with Crippen LogP contribution in [0.5, 0.6) is 5.75 Å². The van der Waals surface area contributed by atoms with E-state index in [4.69, 9.17) is 21.1 Å². The molecule has 0 fully saturated rings. The summed E-state index contributed by atoms with van der Waals surface area (Å²) in [7, 11) is 0. The summed E-state index contributed by atoms with van der Waals surface area (Å²) in [6.07, 6.45) is 1.07. The molecular formula is C13H11ClO3S. The Balaban J connectivity index is 1.92. The lowest BCUT2D eigenvalue weighted by Crippen LogP contribution is -1.99. The van der Waals surface area contributed by atoms with Crippen LogP contribution in [-0.4, -0.2) is 5.11 Å². The number of thioether (sulfide) groups is 1. The Labute approximate surface area is 113 Å². The summed E-state index contributed by atoms with van der Waals surface area (Å²) >= 11 is 7.49. The van der Waals surface area contributed by atoms with Gasteiger partial charge in [-0.2, -0.15) is 0 Å². The van der Waals surface area contributed by atoms with Crippen molar-refractivity contribution in [3.63, 3.8) is 0 Å². The minimum absolute atomic E-state index is 0.362. The van der Waals surface area contributed by atoms with Crippen LogP contribution in [0.4, 0.5) is 0 Å². The zero-order valence-electron chi connectivity index (χ0n) is 9.43. The molecule has 0 aliphatic heterocycles. The predicted octanol–water partition coefficient (Wildman–Crippen LogP) is 3.43. The van der Waals surface area contributed by atoms with Crippen molar-refractivity contribution in [2.75, 3.05) is 0 Å². The molecule has 1 heterocycles. The van der Waals surface area contributed by atoms with E-state index in [2.05, 4.69) is 0 Å². The quantitative estimate of drug-likeness (QED) is 0.933. The van der Waals surface area contributed by atoms with Gasteiger partial charge in [-0.1, -0.05) is 23.7 Å². The largest absolute Gasteiger partial charge is 0.502 e. The molecule has 3 nitrogen and oxygen atoms in total. The molecule has 1 aromatic carbocycles. The minimum Gasteiger partial charge on any atom is -0.502 e. The van der Waals surface area contributed by atoms with Gasteiger partial charge in [0.15, 0.2) is 5.75 Å². The molecule has 94 valence electrons. The fourth-order valence-electron chi connectivity index (χ4n) is 1.42. The molecule has 2 rings (SSSR count). The normalized spacial score (nSPS) is 10.5. The highest BCUT2D eigenvalue weighted by Crippen LogP contribution is 2.20. The average Bonchev–Trinajstić information content (AvgIpc) is 2.34. The van der Waals surface area contributed by atoms with Crippen LogP contribution in [-0.2, 0) is 11.5 Å². The summed E-state index contributed by atoms with van der Waals surface area (Å²) in [6, 6.07) is 8.93. The van der Waals surface area contributed by atoms with Crippen LogP contribution < -0.4 is 5.43 Å². The van der Waals surface area contributed by atoms with Crippen molar-refractivity contribution in [1.82, 2.24) is 0 Å². The number of hydrogen-bond acceptors (Lipinski definition) is 4. The minimum atomic E-state index is -0.417. The maximum Gasteiger partial charge on any atom is 0.226 e. The van der Waals surface area contributed by atoms with E-state index in [1.54, 1.807) is 11.8 Å². The first-order chi connectivity index (χ1) is 8.65. The van der Waals surface area contributed by atoms with Crippen molar-refractivity contribution in [3.05, 3.63) is 63.2 Å². The zero-order valence-corrected chi connectivity index (χ0v) is 11.0. The van der Waals surface area contributed by atoms with Gasteiger partial charge in [0.25, 0.3) is 0 Å². The molecule has 0 spiro atoms. The van der Waals surface area contributed by atoms with Crippen LogP contribution in [0.1, 0.15) is 11.3 Å². The van der Waals surface area contributed by atoms with Gasteiger partial charge in [-0.05, 0) is 17.7 Å². The average molecular weight is 283 g/mol. The molecule has 1 N–H and O–H groups in total. The first kappa shape index (κ1) is 13.1. The van der Waals surface area contributed by atoms with Crippen LogP contribution in [0, 0.1) is 0 Å². The van der Waals surface area contributed by atoms with Gasteiger partial charge in [-0.25, -0.2) is 0 Å². The maximum absolute atomic E-state index is 11.2. The third-order valence-corrected chi connectivity index (χ3v) is 3.53. The van der Waals surface area contributed by atoms with E-state index >= 15 is 0 Å². The summed E-state index contributed by atoms with van der Waals surface area (Å²) in [5.74, 6) is 1.54. The van der Waals surface area contributed by atoms with E-state index < -0.39 is 5.43 Å². The first-order valence-electron chi connectivity index (χ1n) is 5.28. The van der Waals surface area contributed by atoms with Crippen molar-refractivity contribution in [3.8, 4) is 5.75 Å². The Kier molecular flexibility index (Phi) is 4.33. The van der Waals surface area contributed by atoms with Gasteiger partial charge >= 0.3 is 0 Å². The summed E-state index contributed by atoms with van der Waals surface area (Å²) < 4.78 is 5.10. The second-order valence-corrected chi connectivity index (χ2v) is 5.14. The third-order valence-electron chi connectivity index (χ3n) is 2.27. The van der Waals surface area contributed by atoms with Crippen LogP contribution in [0.3, 0.4) is 0 Å². The molecule has 18 heavy (non-hydrogen) atoms. The highest BCUT2D eigenvalue weighted by atomic mass is 35.5. The molecule has 0 atom stereocenters. The van der Waals surface area contributed by atoms with E-state index in [-0.39, 0.29) is 5.75 Å². The molecule has 0 amide bonds. The van der Waals surface area contributed by atoms with Crippen molar-refractivity contribution in [1.29, 1.82) is 0 Å². The molecule has 0 saturated carbocycles. The van der Waals surface area contributed by atoms with Gasteiger partial charge in [-0.15, -0.1) is 11.8 Å². The summed E-state index contributed by atoms with van der Waals surface area (Å²) in [6.45, 7) is 0. The van der Waals surface area contributed by atoms with E-state index in [1.807, 2.05) is 24.3 Å². The van der Waals surface area contributed by atoms with Crippen molar-refractivity contribution < 1.29 is 9.52 Å². The third kappa shape index (κ3) is 3.55. The molecule has 2 aromatic rings. The van der Waals surface area contributed by atoms with Crippen LogP contribution in [0.2, 0.25) is 5.02 Å². The molecule has 0 saturated heterocycles. The second-order valence-electron chi connectivity index (χ2n) is 3.72. The summed E-state index contributed by atoms with van der Waals surface area (Å²) in [4.78, 5) is 11.2. The van der Waals surface area contributed by atoms with Crippen molar-refractivity contribution in [2.45, 2.75) is 11.5 Å². The first-order valence-corrected chi connectivity index (χ1v) is 6.81. The van der Waals surface area contributed by atoms with Gasteiger partial charge in [0.1, 0.15) is 12.0 Å². The monoisotopic (exact) mass is 282 g/mol. The maximum atomic E-state index is 11.2. The van der Waals surface area contributed by atoms with Crippen LogP contribution in [0.25, 0.3) is 0 Å². The lowest BCUT2D eigenvalue weighted by atomic mass is 10.2. The Morgan fingerprint density at radius 1 is 1.28 bits per heavy atom. The van der Waals surface area contributed by atoms with Crippen molar-refractivity contribution >= 4 is 23.4 Å². The smallest absolute Gasteiger partial charge is 0.226 e. The molecule has 0 bridgehead atoms. The van der Waals surface area contributed by atoms with Crippen LogP contribution >= 0.6 is 23.4 Å². The summed E-state index contributed by atoms with van der Waals surface area (Å²) in [5, 5.41) is 9.76. The van der Waals surface area contributed by atoms with Crippen molar-refractivity contribution in [2.24, 2.45) is 0 Å². The zero-order chi connectivity index (χ0) is 13.0. The molecule has 0 aliphatic carbocycles. The molecular weight excluding hydrogens is 272 g/mol. The lowest BCUT2D eigenvalue weighted by Gasteiger charge is -2.02. The van der Waals surface area contributed by atoms with Crippen LogP contribution in [0.15, 0.2) is 45.8 Å². The number of benzene rings is 1. The topological polar surface area (TPSA) is 50.4 Å². The molecule has 0 unspecified atom stereocenters. The Bertz CT molecular complexity index is 595. The Morgan fingerprint density at radius 3 is 2.83 bits per heavy atom. The predicted molar refractivity (Wildman–Crippen MR) is 73.1 cm³/mol. The molecule has 1 aromatic heterocycles. The number of aromatic hydroxyl groups is 1. The second kappa shape index (κ2) is 5.98. The Morgan fingerprint density at radius 2 is 2.11 bits per heavy atom. The standard InChI is InChI=1S/C13H11ClO3S/c14-10-3-1-2-9(4-10)7-18-8-11-5-12(15)13(16)6-17-11/h1-6,16H,7-8H2. The fourth-order valence-corrected chi connectivity index (χ4v) is 2.50. The van der Waals surface area contributed by atoms with Gasteiger partial charge in [0.05, 0.1) is 5.75 Å². The SMILES string of the molecule is O=c1cc(CSCc2cccc(Cl)c2)occ1O. The number of hydrogen-bond donors (Lipinski definition) is 1. The Hall–Kier alpha value is -1.39. The summed E-state index contributed by atoms with van der Waals surface area (Å²) in [5.41, 5.74) is 0.702. The van der Waals surface area contributed by atoms with Gasteiger partial charge < -0.3 is 9.52 Å². The fraction of sp³-hybridized carbons (Fsp3) is 0.154. The molecule has 0 aliphatic rings. The van der Waals surface area contributed by atoms with Gasteiger partial charge in [0.2, 0.25) is 5.43 Å². The highest BCUT2D eigenvalue weighted by molar-refractivity contribution is 7.97. The van der Waals surface area contributed by atoms with Gasteiger partial charge in [0, 0.05) is 16.8 Å². The van der Waals surface area contributed by atoms with Gasteiger partial charge in [-0.3, -0.25) is 4.79 Å². The van der Waals surface area contributed by atoms with E-state index in [0.29, 0.717) is 16.5 Å². The number of halogens is 1. The number of rotatable bonds is 4. The van der Waals surface area contributed by atoms with E-state index in [0.717, 1.165) is 17.6 Å². The highest BCUT2D eigenvalue weighted by Gasteiger charge is 2.02. The lowest BCUT2D eigenvalue weighted by molar-refractivity contribution is 0.419. The van der Waals surface area contributed by atoms with E-state index in [1.165, 1.54) is 6.07 Å². The molecule has 0 radical (unpaired) electrons.